The van der Waals surface area contributed by atoms with Crippen molar-refractivity contribution in [3.05, 3.63) is 29.1 Å². The fourth-order valence-electron chi connectivity index (χ4n) is 1.41. The van der Waals surface area contributed by atoms with E-state index in [1.165, 1.54) is 5.56 Å². The third-order valence-electron chi connectivity index (χ3n) is 1.81. The Balaban J connectivity index is 2.92. The van der Waals surface area contributed by atoms with Crippen molar-refractivity contribution in [3.8, 4) is 0 Å². The summed E-state index contributed by atoms with van der Waals surface area (Å²) in [6, 6.07) is 4.14. The van der Waals surface area contributed by atoms with Crippen molar-refractivity contribution in [1.29, 1.82) is 0 Å². The zero-order valence-corrected chi connectivity index (χ0v) is 8.63. The second-order valence-electron chi connectivity index (χ2n) is 3.15. The summed E-state index contributed by atoms with van der Waals surface area (Å²) in [6.07, 6.45) is 0. The number of aryl methyl sites for hydroxylation is 3. The van der Waals surface area contributed by atoms with E-state index >= 15 is 0 Å². The number of methoxy groups -OCH3 is 1. The van der Waals surface area contributed by atoms with E-state index in [0.717, 1.165) is 11.4 Å². The second kappa shape index (κ2) is 4.23. The number of nitrogens with zero attached hydrogens (tertiary/aromatic N) is 1. The Morgan fingerprint density at radius 1 is 1.15 bits per heavy atom. The molecule has 0 bridgehead atoms. The molecule has 1 aromatic heterocycles. The number of pyridine rings is 1. The molecule has 0 fully saturated rings. The molecule has 0 aliphatic heterocycles. The summed E-state index contributed by atoms with van der Waals surface area (Å²) in [5, 5.41) is 0. The van der Waals surface area contributed by atoms with Gasteiger partial charge >= 0.3 is 0 Å². The molecule has 0 amide bonds. The van der Waals surface area contributed by atoms with E-state index in [4.69, 9.17) is 9.57 Å². The van der Waals surface area contributed by atoms with E-state index in [1.807, 2.05) is 13.8 Å². The van der Waals surface area contributed by atoms with Crippen LogP contribution in [0, 0.1) is 20.8 Å². The van der Waals surface area contributed by atoms with Gasteiger partial charge in [0.05, 0.1) is 0 Å². The number of ether oxygens (including phenoxy) is 1. The molecule has 0 aliphatic carbocycles. The minimum absolute atomic E-state index is 0.273. The summed E-state index contributed by atoms with van der Waals surface area (Å²) in [4.78, 5) is 5.37. The van der Waals surface area contributed by atoms with E-state index in [-0.39, 0.29) is 6.79 Å². The van der Waals surface area contributed by atoms with Crippen molar-refractivity contribution in [2.75, 3.05) is 13.9 Å². The zero-order chi connectivity index (χ0) is 9.84. The molecular formula is C10H16NO2+. The topological polar surface area (TPSA) is 22.3 Å². The predicted molar refractivity (Wildman–Crippen MR) is 49.3 cm³/mol. The third kappa shape index (κ3) is 2.42. The fourth-order valence-corrected chi connectivity index (χ4v) is 1.41. The summed E-state index contributed by atoms with van der Waals surface area (Å²) in [5.74, 6) is 0. The molecule has 0 atom stereocenters. The van der Waals surface area contributed by atoms with Crippen LogP contribution in [-0.2, 0) is 4.74 Å². The summed E-state index contributed by atoms with van der Waals surface area (Å²) < 4.78 is 6.62. The molecule has 0 saturated heterocycles. The first-order valence-electron chi connectivity index (χ1n) is 4.27. The highest BCUT2D eigenvalue weighted by molar-refractivity contribution is 5.13. The lowest BCUT2D eigenvalue weighted by Gasteiger charge is -2.02. The van der Waals surface area contributed by atoms with Crippen LogP contribution < -0.4 is 9.57 Å². The quantitative estimate of drug-likeness (QED) is 0.512. The number of rotatable bonds is 3. The molecule has 3 heteroatoms. The molecule has 3 nitrogen and oxygen atoms in total. The van der Waals surface area contributed by atoms with Gasteiger partial charge in [-0.3, -0.25) is 0 Å². The second-order valence-corrected chi connectivity index (χ2v) is 3.15. The van der Waals surface area contributed by atoms with E-state index in [9.17, 15) is 0 Å². The molecule has 1 aromatic rings. The standard InChI is InChI=1S/C10H16NO2/c1-8-5-9(2)11(10(3)6-8)13-7-12-4/h5-6H,7H2,1-4H3/q+1. The van der Waals surface area contributed by atoms with Crippen LogP contribution in [0.25, 0.3) is 0 Å². The number of hydrogen-bond donors (Lipinski definition) is 0. The Morgan fingerprint density at radius 2 is 1.69 bits per heavy atom. The molecule has 0 unspecified atom stereocenters. The monoisotopic (exact) mass is 182 g/mol. The summed E-state index contributed by atoms with van der Waals surface area (Å²) in [5.41, 5.74) is 3.40. The highest BCUT2D eigenvalue weighted by Gasteiger charge is 2.12. The Bertz CT molecular complexity index is 274. The van der Waals surface area contributed by atoms with Crippen LogP contribution in [0.4, 0.5) is 0 Å². The number of aromatic nitrogens is 1. The number of hydrogen-bond acceptors (Lipinski definition) is 2. The molecule has 0 saturated carbocycles. The highest BCUT2D eigenvalue weighted by atomic mass is 16.8. The molecule has 0 aromatic carbocycles. The van der Waals surface area contributed by atoms with Crippen LogP contribution in [0.5, 0.6) is 0 Å². The van der Waals surface area contributed by atoms with Gasteiger partial charge in [-0.2, -0.15) is 0 Å². The highest BCUT2D eigenvalue weighted by Crippen LogP contribution is 2.00. The Kier molecular flexibility index (Phi) is 3.25. The largest absolute Gasteiger partial charge is 0.343 e. The Morgan fingerprint density at radius 3 is 2.15 bits per heavy atom. The molecule has 0 spiro atoms. The van der Waals surface area contributed by atoms with Gasteiger partial charge in [0.2, 0.25) is 11.4 Å². The first kappa shape index (κ1) is 9.99. The maximum atomic E-state index is 5.37. The average molecular weight is 182 g/mol. The van der Waals surface area contributed by atoms with Gasteiger partial charge < -0.3 is 4.74 Å². The van der Waals surface area contributed by atoms with Crippen LogP contribution >= 0.6 is 0 Å². The van der Waals surface area contributed by atoms with Crippen molar-refractivity contribution in [3.63, 3.8) is 0 Å². The lowest BCUT2D eigenvalue weighted by Crippen LogP contribution is -2.48. The zero-order valence-electron chi connectivity index (χ0n) is 8.63. The summed E-state index contributed by atoms with van der Waals surface area (Å²) in [6.45, 7) is 6.36. The van der Waals surface area contributed by atoms with Gasteiger partial charge in [0.15, 0.2) is 0 Å². The molecular weight excluding hydrogens is 166 g/mol. The van der Waals surface area contributed by atoms with Gasteiger partial charge in [-0.05, 0) is 12.5 Å². The minimum atomic E-state index is 0.273. The SMILES string of the molecule is COCO[n+]1c(C)cc(C)cc1C. The lowest BCUT2D eigenvalue weighted by molar-refractivity contribution is -0.905. The predicted octanol–water partition coefficient (Wildman–Crippen LogP) is 0.932. The Labute approximate surface area is 78.9 Å². The maximum Gasteiger partial charge on any atom is 0.260 e. The molecule has 0 N–H and O–H groups in total. The van der Waals surface area contributed by atoms with Crippen LogP contribution in [0.15, 0.2) is 12.1 Å². The van der Waals surface area contributed by atoms with Crippen molar-refractivity contribution < 1.29 is 14.3 Å². The smallest absolute Gasteiger partial charge is 0.260 e. The molecule has 0 aliphatic rings. The molecule has 0 radical (unpaired) electrons. The average Bonchev–Trinajstić information content (AvgIpc) is 2.02. The van der Waals surface area contributed by atoms with Gasteiger partial charge in [0.1, 0.15) is 0 Å². The lowest BCUT2D eigenvalue weighted by atomic mass is 10.2. The molecule has 72 valence electrons. The van der Waals surface area contributed by atoms with Crippen LogP contribution in [0.1, 0.15) is 17.0 Å². The van der Waals surface area contributed by atoms with Crippen LogP contribution in [0.3, 0.4) is 0 Å². The van der Waals surface area contributed by atoms with E-state index in [0.29, 0.717) is 0 Å². The van der Waals surface area contributed by atoms with Crippen LogP contribution in [0.2, 0.25) is 0 Å². The van der Waals surface area contributed by atoms with Gasteiger partial charge in [0, 0.05) is 37.8 Å². The van der Waals surface area contributed by atoms with Crippen molar-refractivity contribution in [2.45, 2.75) is 20.8 Å². The normalized spacial score (nSPS) is 10.2. The van der Waals surface area contributed by atoms with Crippen molar-refractivity contribution in [1.82, 2.24) is 0 Å². The first-order valence-corrected chi connectivity index (χ1v) is 4.27. The molecule has 1 rings (SSSR count). The molecule has 1 heterocycles. The van der Waals surface area contributed by atoms with Crippen LogP contribution in [-0.4, -0.2) is 13.9 Å². The minimum Gasteiger partial charge on any atom is -0.343 e. The van der Waals surface area contributed by atoms with E-state index in [1.54, 1.807) is 11.8 Å². The van der Waals surface area contributed by atoms with Gasteiger partial charge in [-0.15, -0.1) is 0 Å². The van der Waals surface area contributed by atoms with Gasteiger partial charge in [0.25, 0.3) is 6.79 Å². The van der Waals surface area contributed by atoms with Crippen molar-refractivity contribution >= 4 is 0 Å². The fraction of sp³-hybridized carbons (Fsp3) is 0.500. The van der Waals surface area contributed by atoms with Crippen molar-refractivity contribution in [2.24, 2.45) is 0 Å². The van der Waals surface area contributed by atoms with E-state index < -0.39 is 0 Å². The maximum absolute atomic E-state index is 5.37. The summed E-state index contributed by atoms with van der Waals surface area (Å²) >= 11 is 0. The van der Waals surface area contributed by atoms with Gasteiger partial charge in [-0.1, -0.05) is 0 Å². The first-order chi connectivity index (χ1) is 6.15. The van der Waals surface area contributed by atoms with E-state index in [2.05, 4.69) is 19.1 Å². The molecule has 13 heavy (non-hydrogen) atoms. The van der Waals surface area contributed by atoms with Gasteiger partial charge in [-0.25, -0.2) is 4.84 Å². The summed E-state index contributed by atoms with van der Waals surface area (Å²) in [7, 11) is 1.61. The third-order valence-corrected chi connectivity index (χ3v) is 1.81. The Hall–Kier alpha value is -1.09.